The molecule has 2 N–H and O–H groups in total. The van der Waals surface area contributed by atoms with Gasteiger partial charge in [-0.1, -0.05) is 13.8 Å². The Bertz CT molecular complexity index is 430. The summed E-state index contributed by atoms with van der Waals surface area (Å²) in [6, 6.07) is 3.70. The normalized spacial score (nSPS) is 11.3. The Hall–Kier alpha value is -1.58. The molecule has 0 bridgehead atoms. The van der Waals surface area contributed by atoms with E-state index in [0.717, 1.165) is 17.2 Å². The van der Waals surface area contributed by atoms with Crippen molar-refractivity contribution in [2.24, 2.45) is 0 Å². The second-order valence-electron chi connectivity index (χ2n) is 3.40. The first-order valence-electron chi connectivity index (χ1n) is 4.28. The standard InChI is InChI=1S/C9H12N4/c1-6(2)9-12-11-8-4-3-7(10)5-13(8)9/h3-6H,10H2,1-2H3. The molecule has 68 valence electrons. The van der Waals surface area contributed by atoms with Crippen LogP contribution in [0.15, 0.2) is 18.3 Å². The van der Waals surface area contributed by atoms with Crippen LogP contribution in [0.2, 0.25) is 0 Å². The lowest BCUT2D eigenvalue weighted by molar-refractivity contribution is 0.759. The predicted octanol–water partition coefficient (Wildman–Crippen LogP) is 1.43. The molecule has 0 fully saturated rings. The molecule has 0 spiro atoms. The van der Waals surface area contributed by atoms with E-state index < -0.39 is 0 Å². The van der Waals surface area contributed by atoms with Crippen LogP contribution in [0.1, 0.15) is 25.6 Å². The lowest BCUT2D eigenvalue weighted by Gasteiger charge is -2.02. The summed E-state index contributed by atoms with van der Waals surface area (Å²) in [5.41, 5.74) is 7.25. The van der Waals surface area contributed by atoms with Gasteiger partial charge in [-0.05, 0) is 12.1 Å². The smallest absolute Gasteiger partial charge is 0.160 e. The van der Waals surface area contributed by atoms with Gasteiger partial charge in [0.2, 0.25) is 0 Å². The van der Waals surface area contributed by atoms with E-state index in [0.29, 0.717) is 5.92 Å². The van der Waals surface area contributed by atoms with Crippen LogP contribution in [-0.2, 0) is 0 Å². The SMILES string of the molecule is CC(C)c1nnc2ccc(N)cn12. The highest BCUT2D eigenvalue weighted by Crippen LogP contribution is 2.14. The number of hydrogen-bond donors (Lipinski definition) is 1. The fourth-order valence-corrected chi connectivity index (χ4v) is 1.32. The van der Waals surface area contributed by atoms with Crippen molar-refractivity contribution in [2.45, 2.75) is 19.8 Å². The molecule has 0 aliphatic carbocycles. The molecular weight excluding hydrogens is 164 g/mol. The van der Waals surface area contributed by atoms with Crippen molar-refractivity contribution < 1.29 is 0 Å². The van der Waals surface area contributed by atoms with Crippen LogP contribution in [0.5, 0.6) is 0 Å². The predicted molar refractivity (Wildman–Crippen MR) is 51.5 cm³/mol. The van der Waals surface area contributed by atoms with Gasteiger partial charge in [-0.2, -0.15) is 0 Å². The molecular formula is C9H12N4. The summed E-state index contributed by atoms with van der Waals surface area (Å²) in [5.74, 6) is 1.30. The van der Waals surface area contributed by atoms with Gasteiger partial charge in [0.25, 0.3) is 0 Å². The van der Waals surface area contributed by atoms with E-state index in [1.54, 1.807) is 0 Å². The largest absolute Gasteiger partial charge is 0.398 e. The van der Waals surface area contributed by atoms with Crippen molar-refractivity contribution >= 4 is 11.3 Å². The van der Waals surface area contributed by atoms with Gasteiger partial charge in [-0.3, -0.25) is 4.40 Å². The molecule has 2 aromatic rings. The number of hydrogen-bond acceptors (Lipinski definition) is 3. The van der Waals surface area contributed by atoms with E-state index in [-0.39, 0.29) is 0 Å². The molecule has 4 heteroatoms. The van der Waals surface area contributed by atoms with Gasteiger partial charge >= 0.3 is 0 Å². The second kappa shape index (κ2) is 2.73. The quantitative estimate of drug-likeness (QED) is 0.715. The van der Waals surface area contributed by atoms with Gasteiger partial charge in [0.1, 0.15) is 5.82 Å². The average molecular weight is 176 g/mol. The Morgan fingerprint density at radius 3 is 2.77 bits per heavy atom. The lowest BCUT2D eigenvalue weighted by atomic mass is 10.2. The first-order chi connectivity index (χ1) is 6.18. The van der Waals surface area contributed by atoms with Crippen LogP contribution in [0.4, 0.5) is 5.69 Å². The van der Waals surface area contributed by atoms with Gasteiger partial charge < -0.3 is 5.73 Å². The molecule has 13 heavy (non-hydrogen) atoms. The highest BCUT2D eigenvalue weighted by atomic mass is 15.2. The van der Waals surface area contributed by atoms with Gasteiger partial charge in [-0.25, -0.2) is 0 Å². The van der Waals surface area contributed by atoms with E-state index in [2.05, 4.69) is 24.0 Å². The minimum Gasteiger partial charge on any atom is -0.398 e. The maximum atomic E-state index is 5.68. The number of nitrogen functional groups attached to an aromatic ring is 1. The van der Waals surface area contributed by atoms with E-state index >= 15 is 0 Å². The molecule has 2 rings (SSSR count). The highest BCUT2D eigenvalue weighted by molar-refractivity contribution is 5.47. The number of nitrogens with zero attached hydrogens (tertiary/aromatic N) is 3. The van der Waals surface area contributed by atoms with E-state index in [1.165, 1.54) is 0 Å². The molecule has 0 aliphatic rings. The summed E-state index contributed by atoms with van der Waals surface area (Å²) in [6.07, 6.45) is 1.85. The average Bonchev–Trinajstić information content (AvgIpc) is 2.46. The van der Waals surface area contributed by atoms with Crippen molar-refractivity contribution in [3.63, 3.8) is 0 Å². The van der Waals surface area contributed by atoms with Crippen LogP contribution in [0.25, 0.3) is 5.65 Å². The molecule has 0 saturated carbocycles. The molecule has 2 heterocycles. The third-order valence-electron chi connectivity index (χ3n) is 1.97. The van der Waals surface area contributed by atoms with Crippen molar-refractivity contribution in [2.75, 3.05) is 5.73 Å². The molecule has 2 aromatic heterocycles. The summed E-state index contributed by atoms with van der Waals surface area (Å²) in [5, 5.41) is 8.13. The molecule has 4 nitrogen and oxygen atoms in total. The number of fused-ring (bicyclic) bond motifs is 1. The Kier molecular flexibility index (Phi) is 1.69. The third-order valence-corrected chi connectivity index (χ3v) is 1.97. The minimum atomic E-state index is 0.358. The Balaban J connectivity index is 2.71. The number of anilines is 1. The first-order valence-corrected chi connectivity index (χ1v) is 4.28. The van der Waals surface area contributed by atoms with E-state index in [9.17, 15) is 0 Å². The summed E-state index contributed by atoms with van der Waals surface area (Å²) >= 11 is 0. The van der Waals surface area contributed by atoms with Crippen LogP contribution in [-0.4, -0.2) is 14.6 Å². The zero-order valence-electron chi connectivity index (χ0n) is 7.73. The van der Waals surface area contributed by atoms with Gasteiger partial charge in [0.15, 0.2) is 5.65 Å². The molecule has 0 amide bonds. The number of rotatable bonds is 1. The zero-order valence-corrected chi connectivity index (χ0v) is 7.73. The van der Waals surface area contributed by atoms with Crippen molar-refractivity contribution in [3.05, 3.63) is 24.2 Å². The molecule has 0 saturated heterocycles. The van der Waals surface area contributed by atoms with Crippen molar-refractivity contribution in [1.82, 2.24) is 14.6 Å². The number of aromatic nitrogens is 3. The molecule has 0 radical (unpaired) electrons. The summed E-state index contributed by atoms with van der Waals surface area (Å²) in [6.45, 7) is 4.17. The molecule has 0 aromatic carbocycles. The fraction of sp³-hybridized carbons (Fsp3) is 0.333. The Morgan fingerprint density at radius 1 is 1.31 bits per heavy atom. The molecule has 0 unspecified atom stereocenters. The maximum absolute atomic E-state index is 5.68. The number of pyridine rings is 1. The van der Waals surface area contributed by atoms with Crippen LogP contribution in [0, 0.1) is 0 Å². The van der Waals surface area contributed by atoms with E-state index in [1.807, 2.05) is 22.7 Å². The summed E-state index contributed by atoms with van der Waals surface area (Å²) in [4.78, 5) is 0. The molecule has 0 aliphatic heterocycles. The Morgan fingerprint density at radius 2 is 2.08 bits per heavy atom. The molecule has 0 atom stereocenters. The third kappa shape index (κ3) is 1.24. The van der Waals surface area contributed by atoms with Crippen molar-refractivity contribution in [3.8, 4) is 0 Å². The highest BCUT2D eigenvalue weighted by Gasteiger charge is 2.08. The number of nitrogens with two attached hydrogens (primary N) is 1. The Labute approximate surface area is 76.4 Å². The van der Waals surface area contributed by atoms with E-state index in [4.69, 9.17) is 5.73 Å². The van der Waals surface area contributed by atoms with Gasteiger partial charge in [0, 0.05) is 17.8 Å². The maximum Gasteiger partial charge on any atom is 0.160 e. The summed E-state index contributed by atoms with van der Waals surface area (Å²) in [7, 11) is 0. The lowest BCUT2D eigenvalue weighted by Crippen LogP contribution is -1.98. The first kappa shape index (κ1) is 8.04. The summed E-state index contributed by atoms with van der Waals surface area (Å²) < 4.78 is 1.93. The monoisotopic (exact) mass is 176 g/mol. The van der Waals surface area contributed by atoms with Gasteiger partial charge in [-0.15, -0.1) is 10.2 Å². The van der Waals surface area contributed by atoms with Gasteiger partial charge in [0.05, 0.1) is 0 Å². The van der Waals surface area contributed by atoms with Crippen LogP contribution >= 0.6 is 0 Å². The zero-order chi connectivity index (χ0) is 9.42. The van der Waals surface area contributed by atoms with Crippen molar-refractivity contribution in [1.29, 1.82) is 0 Å². The van der Waals surface area contributed by atoms with Crippen LogP contribution in [0.3, 0.4) is 0 Å². The topological polar surface area (TPSA) is 56.2 Å². The second-order valence-corrected chi connectivity index (χ2v) is 3.40. The fourth-order valence-electron chi connectivity index (χ4n) is 1.32. The van der Waals surface area contributed by atoms with Crippen LogP contribution < -0.4 is 5.73 Å². The minimum absolute atomic E-state index is 0.358.